The van der Waals surface area contributed by atoms with Crippen LogP contribution in [0.2, 0.25) is 0 Å². The van der Waals surface area contributed by atoms with Gasteiger partial charge in [-0.05, 0) is 80.1 Å². The summed E-state index contributed by atoms with van der Waals surface area (Å²) in [5.74, 6) is 5.53. The van der Waals surface area contributed by atoms with Gasteiger partial charge >= 0.3 is 0 Å². The predicted octanol–water partition coefficient (Wildman–Crippen LogP) is 7.93. The Kier molecular flexibility index (Phi) is 12.0. The van der Waals surface area contributed by atoms with Gasteiger partial charge < -0.3 is 0 Å². The molecule has 0 radical (unpaired) electrons. The molecule has 0 aromatic rings. The van der Waals surface area contributed by atoms with Gasteiger partial charge in [0.1, 0.15) is 0 Å². The molecule has 1 saturated carbocycles. The average Bonchev–Trinajstić information content (AvgIpc) is 2.62. The third kappa shape index (κ3) is 8.33. The van der Waals surface area contributed by atoms with Crippen LogP contribution in [-0.2, 0) is 0 Å². The number of hydrogen-bond acceptors (Lipinski definition) is 2. The molecule has 148 valence electrons. The molecule has 0 saturated heterocycles. The van der Waals surface area contributed by atoms with Crippen LogP contribution in [0.15, 0.2) is 12.7 Å². The third-order valence-corrected chi connectivity index (χ3v) is 9.30. The minimum Gasteiger partial charge on any atom is -0.162 e. The van der Waals surface area contributed by atoms with E-state index >= 15 is 0 Å². The first-order valence-corrected chi connectivity index (χ1v) is 13.0. The summed E-state index contributed by atoms with van der Waals surface area (Å²) in [6.07, 6.45) is 14.4. The lowest BCUT2D eigenvalue weighted by Gasteiger charge is -2.35. The molecule has 0 amide bonds. The van der Waals surface area contributed by atoms with Gasteiger partial charge in [0.25, 0.3) is 0 Å². The minimum absolute atomic E-state index is 0.769. The van der Waals surface area contributed by atoms with Crippen molar-refractivity contribution in [2.24, 2.45) is 29.6 Å². The second kappa shape index (κ2) is 12.8. The maximum Gasteiger partial charge on any atom is 0.00781 e. The van der Waals surface area contributed by atoms with E-state index < -0.39 is 0 Å². The van der Waals surface area contributed by atoms with E-state index in [1.165, 1.54) is 50.7 Å². The molecular formula is C23H44S2. The molecule has 0 spiro atoms. The average molecular weight is 385 g/mol. The topological polar surface area (TPSA) is 0 Å². The van der Waals surface area contributed by atoms with Crippen LogP contribution in [0.5, 0.6) is 0 Å². The van der Waals surface area contributed by atoms with Crippen LogP contribution in [0.3, 0.4) is 0 Å². The molecule has 0 heterocycles. The van der Waals surface area contributed by atoms with Crippen LogP contribution >= 0.6 is 23.5 Å². The van der Waals surface area contributed by atoms with Crippen LogP contribution in [0.4, 0.5) is 0 Å². The molecule has 2 heteroatoms. The van der Waals surface area contributed by atoms with Crippen LogP contribution in [-0.4, -0.2) is 22.5 Å². The van der Waals surface area contributed by atoms with E-state index in [1.54, 1.807) is 0 Å². The first kappa shape index (κ1) is 23.5. The molecule has 0 bridgehead atoms. The number of thioether (sulfide) groups is 2. The van der Waals surface area contributed by atoms with Crippen LogP contribution in [0, 0.1) is 29.6 Å². The van der Waals surface area contributed by atoms with Gasteiger partial charge in [0.05, 0.1) is 0 Å². The Morgan fingerprint density at radius 1 is 1.04 bits per heavy atom. The van der Waals surface area contributed by atoms with Gasteiger partial charge in [-0.25, -0.2) is 0 Å². The Labute approximate surface area is 167 Å². The highest BCUT2D eigenvalue weighted by Gasteiger charge is 2.29. The van der Waals surface area contributed by atoms with E-state index in [4.69, 9.17) is 0 Å². The highest BCUT2D eigenvalue weighted by molar-refractivity contribution is 7.99. The first-order valence-electron chi connectivity index (χ1n) is 10.7. The fourth-order valence-electron chi connectivity index (χ4n) is 4.23. The van der Waals surface area contributed by atoms with E-state index in [1.807, 2.05) is 0 Å². The van der Waals surface area contributed by atoms with E-state index in [0.717, 1.165) is 40.1 Å². The monoisotopic (exact) mass is 384 g/mol. The van der Waals surface area contributed by atoms with Crippen molar-refractivity contribution >= 4 is 23.5 Å². The summed E-state index contributed by atoms with van der Waals surface area (Å²) in [4.78, 5) is 0. The number of hydrogen-bond donors (Lipinski definition) is 0. The van der Waals surface area contributed by atoms with Gasteiger partial charge in [-0.15, -0.1) is 6.58 Å². The lowest BCUT2D eigenvalue weighted by molar-refractivity contribution is 0.290. The van der Waals surface area contributed by atoms with Crippen LogP contribution in [0.1, 0.15) is 79.6 Å². The molecule has 6 unspecified atom stereocenters. The maximum atomic E-state index is 4.03. The lowest BCUT2D eigenvalue weighted by atomic mass is 9.78. The molecule has 1 rings (SSSR count). The SMILES string of the molecule is C=CC1CCC(CCC(SCC)C(C)CCC(C)C(C)C)C(SC)C1. The fourth-order valence-corrected chi connectivity index (χ4v) is 6.52. The maximum absolute atomic E-state index is 4.03. The Balaban J connectivity index is 2.49. The standard InChI is InChI=1S/C23H44S2/c1-8-20-12-13-21(23(16-20)24-7)14-15-22(25-9-2)19(6)11-10-18(5)17(3)4/h8,17-23H,1,9-16H2,2-7H3. The molecule has 1 aliphatic rings. The van der Waals surface area contributed by atoms with Crippen molar-refractivity contribution in [1.29, 1.82) is 0 Å². The molecule has 0 aromatic heterocycles. The zero-order chi connectivity index (χ0) is 18.8. The van der Waals surface area contributed by atoms with Crippen LogP contribution < -0.4 is 0 Å². The molecule has 0 aliphatic heterocycles. The lowest BCUT2D eigenvalue weighted by Crippen LogP contribution is -2.28. The Bertz CT molecular complexity index is 352. The van der Waals surface area contributed by atoms with Crippen molar-refractivity contribution in [2.75, 3.05) is 12.0 Å². The quantitative estimate of drug-likeness (QED) is 0.313. The largest absolute Gasteiger partial charge is 0.162 e. The van der Waals surface area contributed by atoms with Gasteiger partial charge in [0.2, 0.25) is 0 Å². The Hall–Kier alpha value is 0.440. The van der Waals surface area contributed by atoms with E-state index in [9.17, 15) is 0 Å². The first-order chi connectivity index (χ1) is 11.9. The molecule has 25 heavy (non-hydrogen) atoms. The highest BCUT2D eigenvalue weighted by Crippen LogP contribution is 2.40. The summed E-state index contributed by atoms with van der Waals surface area (Å²) in [7, 11) is 0. The third-order valence-electron chi connectivity index (χ3n) is 6.66. The summed E-state index contributed by atoms with van der Waals surface area (Å²) in [6, 6.07) is 0. The van der Waals surface area contributed by atoms with E-state index in [0.29, 0.717) is 0 Å². The Morgan fingerprint density at radius 2 is 1.72 bits per heavy atom. The highest BCUT2D eigenvalue weighted by atomic mass is 32.2. The second-order valence-electron chi connectivity index (χ2n) is 8.69. The molecule has 1 aliphatic carbocycles. The predicted molar refractivity (Wildman–Crippen MR) is 122 cm³/mol. The zero-order valence-electron chi connectivity index (χ0n) is 17.8. The van der Waals surface area contributed by atoms with Gasteiger partial charge in [0.15, 0.2) is 0 Å². The summed E-state index contributed by atoms with van der Waals surface area (Å²) < 4.78 is 0. The van der Waals surface area contributed by atoms with Crippen molar-refractivity contribution < 1.29 is 0 Å². The molecule has 0 nitrogen and oxygen atoms in total. The van der Waals surface area contributed by atoms with Crippen molar-refractivity contribution in [2.45, 2.75) is 90.1 Å². The summed E-state index contributed by atoms with van der Waals surface area (Å²) >= 11 is 4.33. The normalized spacial score (nSPS) is 27.9. The van der Waals surface area contributed by atoms with Crippen molar-refractivity contribution in [3.8, 4) is 0 Å². The van der Waals surface area contributed by atoms with Crippen molar-refractivity contribution in [3.05, 3.63) is 12.7 Å². The Morgan fingerprint density at radius 3 is 2.28 bits per heavy atom. The number of rotatable bonds is 12. The van der Waals surface area contributed by atoms with Crippen molar-refractivity contribution in [3.63, 3.8) is 0 Å². The molecule has 1 fully saturated rings. The van der Waals surface area contributed by atoms with Gasteiger partial charge in [0, 0.05) is 10.5 Å². The number of allylic oxidation sites excluding steroid dienone is 1. The van der Waals surface area contributed by atoms with Gasteiger partial charge in [-0.2, -0.15) is 23.5 Å². The zero-order valence-corrected chi connectivity index (χ0v) is 19.4. The summed E-state index contributed by atoms with van der Waals surface area (Å²) in [5, 5.41) is 1.73. The van der Waals surface area contributed by atoms with Gasteiger partial charge in [-0.1, -0.05) is 47.1 Å². The van der Waals surface area contributed by atoms with Crippen molar-refractivity contribution in [1.82, 2.24) is 0 Å². The molecular weight excluding hydrogens is 340 g/mol. The second-order valence-corrected chi connectivity index (χ2v) is 11.3. The summed E-state index contributed by atoms with van der Waals surface area (Å²) in [5.41, 5.74) is 0. The molecule has 0 N–H and O–H groups in total. The molecule has 0 aromatic carbocycles. The summed E-state index contributed by atoms with van der Waals surface area (Å²) in [6.45, 7) is 16.1. The fraction of sp³-hybridized carbons (Fsp3) is 0.913. The van der Waals surface area contributed by atoms with Gasteiger partial charge in [-0.3, -0.25) is 0 Å². The minimum atomic E-state index is 0.769. The van der Waals surface area contributed by atoms with E-state index in [-0.39, 0.29) is 0 Å². The molecule has 6 atom stereocenters. The van der Waals surface area contributed by atoms with E-state index in [2.05, 4.69) is 77.1 Å². The van der Waals surface area contributed by atoms with Crippen LogP contribution in [0.25, 0.3) is 0 Å². The smallest absolute Gasteiger partial charge is 0.00781 e.